The molecule has 0 amide bonds. The van der Waals surface area contributed by atoms with Crippen LogP contribution in [-0.4, -0.2) is 24.1 Å². The maximum Gasteiger partial charge on any atom is 0.00468 e. The third-order valence-corrected chi connectivity index (χ3v) is 3.97. The molecular weight excluding hydrogens is 226 g/mol. The smallest absolute Gasteiger partial charge is 0.00468 e. The molecule has 1 aromatic rings. The van der Waals surface area contributed by atoms with Crippen molar-refractivity contribution >= 4 is 11.8 Å². The van der Waals surface area contributed by atoms with Crippen molar-refractivity contribution in [2.45, 2.75) is 39.2 Å². The molecule has 0 spiro atoms. The minimum atomic E-state index is 0.595. The minimum Gasteiger partial charge on any atom is -0.314 e. The molecule has 96 valence electrons. The van der Waals surface area contributed by atoms with Crippen LogP contribution in [0.25, 0.3) is 0 Å². The molecule has 2 unspecified atom stereocenters. The van der Waals surface area contributed by atoms with Gasteiger partial charge < -0.3 is 5.32 Å². The molecule has 1 rings (SSSR count). The normalized spacial score (nSPS) is 14.5. The van der Waals surface area contributed by atoms with E-state index in [0.29, 0.717) is 12.0 Å². The second-order valence-corrected chi connectivity index (χ2v) is 6.00. The molecule has 1 nitrogen and oxygen atoms in total. The number of hydrogen-bond donors (Lipinski definition) is 1. The summed E-state index contributed by atoms with van der Waals surface area (Å²) in [5.41, 5.74) is 1.43. The highest BCUT2D eigenvalue weighted by molar-refractivity contribution is 7.99. The summed E-state index contributed by atoms with van der Waals surface area (Å²) in [5, 5.41) is 3.63. The summed E-state index contributed by atoms with van der Waals surface area (Å²) in [7, 11) is 0. The Labute approximate surface area is 110 Å². The maximum atomic E-state index is 3.63. The second kappa shape index (κ2) is 8.60. The molecule has 0 aliphatic carbocycles. The number of nitrogens with one attached hydrogen (secondary N) is 1. The first-order chi connectivity index (χ1) is 8.24. The van der Waals surface area contributed by atoms with Crippen LogP contribution in [0.4, 0.5) is 0 Å². The Bertz CT molecular complexity index is 286. The highest BCUT2D eigenvalue weighted by Crippen LogP contribution is 2.13. The number of hydrogen-bond acceptors (Lipinski definition) is 2. The fourth-order valence-corrected chi connectivity index (χ4v) is 2.59. The lowest BCUT2D eigenvalue weighted by molar-refractivity contribution is 0.510. The molecule has 2 atom stereocenters. The van der Waals surface area contributed by atoms with Crippen molar-refractivity contribution < 1.29 is 0 Å². The first kappa shape index (κ1) is 14.6. The second-order valence-electron chi connectivity index (χ2n) is 4.61. The van der Waals surface area contributed by atoms with E-state index in [1.807, 2.05) is 11.8 Å². The summed E-state index contributed by atoms with van der Waals surface area (Å²) in [6.45, 7) is 7.87. The Kier molecular flexibility index (Phi) is 7.38. The van der Waals surface area contributed by atoms with Gasteiger partial charge in [-0.15, -0.1) is 0 Å². The third-order valence-electron chi connectivity index (χ3n) is 3.04. The van der Waals surface area contributed by atoms with Crippen molar-refractivity contribution in [3.05, 3.63) is 35.9 Å². The largest absolute Gasteiger partial charge is 0.314 e. The van der Waals surface area contributed by atoms with Gasteiger partial charge in [0.1, 0.15) is 0 Å². The van der Waals surface area contributed by atoms with E-state index in [0.717, 1.165) is 6.54 Å². The summed E-state index contributed by atoms with van der Waals surface area (Å²) in [4.78, 5) is 0. The molecule has 17 heavy (non-hydrogen) atoms. The Morgan fingerprint density at radius 2 is 1.88 bits per heavy atom. The van der Waals surface area contributed by atoms with E-state index >= 15 is 0 Å². The van der Waals surface area contributed by atoms with Gasteiger partial charge in [0.15, 0.2) is 0 Å². The van der Waals surface area contributed by atoms with Crippen molar-refractivity contribution in [2.24, 2.45) is 0 Å². The topological polar surface area (TPSA) is 12.0 Å². The van der Waals surface area contributed by atoms with Gasteiger partial charge in [-0.2, -0.15) is 11.8 Å². The van der Waals surface area contributed by atoms with Crippen molar-refractivity contribution in [1.29, 1.82) is 0 Å². The van der Waals surface area contributed by atoms with Gasteiger partial charge in [-0.25, -0.2) is 0 Å². The number of benzene rings is 1. The molecule has 0 aliphatic rings. The molecule has 2 heteroatoms. The summed E-state index contributed by atoms with van der Waals surface area (Å²) in [6, 6.07) is 11.4. The lowest BCUT2D eigenvalue weighted by Gasteiger charge is -2.18. The molecule has 0 saturated carbocycles. The van der Waals surface area contributed by atoms with Crippen LogP contribution in [0.1, 0.15) is 38.7 Å². The molecule has 0 heterocycles. The molecule has 0 radical (unpaired) electrons. The van der Waals surface area contributed by atoms with E-state index in [1.165, 1.54) is 23.5 Å². The Morgan fingerprint density at radius 3 is 2.53 bits per heavy atom. The lowest BCUT2D eigenvalue weighted by atomic mass is 10.0. The molecule has 1 N–H and O–H groups in total. The summed E-state index contributed by atoms with van der Waals surface area (Å²) in [6.07, 6.45) is 1.26. The monoisotopic (exact) mass is 251 g/mol. The van der Waals surface area contributed by atoms with E-state index in [1.54, 1.807) is 0 Å². The molecule has 0 aromatic heterocycles. The number of thioether (sulfide) groups is 1. The molecular formula is C15H25NS. The van der Waals surface area contributed by atoms with Gasteiger partial charge in [0.2, 0.25) is 0 Å². The van der Waals surface area contributed by atoms with E-state index in [-0.39, 0.29) is 0 Å². The van der Waals surface area contributed by atoms with E-state index in [2.05, 4.69) is 56.4 Å². The SMILES string of the molecule is CCSCCC(C)NCC(C)c1ccccc1. The van der Waals surface area contributed by atoms with E-state index in [9.17, 15) is 0 Å². The van der Waals surface area contributed by atoms with E-state index in [4.69, 9.17) is 0 Å². The third kappa shape index (κ3) is 6.13. The van der Waals surface area contributed by atoms with Gasteiger partial charge in [0.05, 0.1) is 0 Å². The Morgan fingerprint density at radius 1 is 1.18 bits per heavy atom. The van der Waals surface area contributed by atoms with Gasteiger partial charge >= 0.3 is 0 Å². The Balaban J connectivity index is 2.21. The minimum absolute atomic E-state index is 0.595. The lowest BCUT2D eigenvalue weighted by Crippen LogP contribution is -2.30. The predicted molar refractivity (Wildman–Crippen MR) is 79.9 cm³/mol. The highest BCUT2D eigenvalue weighted by Gasteiger charge is 2.07. The Hall–Kier alpha value is -0.470. The predicted octanol–water partition coefficient (Wildman–Crippen LogP) is 3.91. The first-order valence-corrected chi connectivity index (χ1v) is 7.75. The van der Waals surface area contributed by atoms with Gasteiger partial charge in [-0.1, -0.05) is 44.2 Å². The maximum absolute atomic E-state index is 3.63. The van der Waals surface area contributed by atoms with Crippen LogP contribution in [0.3, 0.4) is 0 Å². The fraction of sp³-hybridized carbons (Fsp3) is 0.600. The average molecular weight is 251 g/mol. The van der Waals surface area contributed by atoms with Crippen molar-refractivity contribution in [3.63, 3.8) is 0 Å². The van der Waals surface area contributed by atoms with Gasteiger partial charge in [0, 0.05) is 12.6 Å². The van der Waals surface area contributed by atoms with Crippen molar-refractivity contribution in [3.8, 4) is 0 Å². The molecule has 1 aromatic carbocycles. The molecule has 0 bridgehead atoms. The summed E-state index contributed by atoms with van der Waals surface area (Å²) in [5.74, 6) is 3.09. The average Bonchev–Trinajstić information content (AvgIpc) is 2.37. The van der Waals surface area contributed by atoms with Crippen LogP contribution >= 0.6 is 11.8 Å². The summed E-state index contributed by atoms with van der Waals surface area (Å²) < 4.78 is 0. The van der Waals surface area contributed by atoms with Crippen molar-refractivity contribution in [1.82, 2.24) is 5.32 Å². The molecule has 0 saturated heterocycles. The molecule has 0 aliphatic heterocycles. The van der Waals surface area contributed by atoms with Gasteiger partial charge in [0.25, 0.3) is 0 Å². The van der Waals surface area contributed by atoms with Crippen molar-refractivity contribution in [2.75, 3.05) is 18.1 Å². The zero-order valence-corrected chi connectivity index (χ0v) is 12.1. The van der Waals surface area contributed by atoms with Gasteiger partial charge in [-0.05, 0) is 36.3 Å². The zero-order chi connectivity index (χ0) is 12.5. The van der Waals surface area contributed by atoms with Crippen LogP contribution in [0, 0.1) is 0 Å². The van der Waals surface area contributed by atoms with Crippen LogP contribution in [0.15, 0.2) is 30.3 Å². The summed E-state index contributed by atoms with van der Waals surface area (Å²) >= 11 is 2.03. The molecule has 0 fully saturated rings. The standard InChI is InChI=1S/C15H25NS/c1-4-17-11-10-14(3)16-12-13(2)15-8-6-5-7-9-15/h5-9,13-14,16H,4,10-12H2,1-3H3. The first-order valence-electron chi connectivity index (χ1n) is 6.60. The highest BCUT2D eigenvalue weighted by atomic mass is 32.2. The van der Waals surface area contributed by atoms with Crippen LogP contribution in [0.2, 0.25) is 0 Å². The van der Waals surface area contributed by atoms with E-state index < -0.39 is 0 Å². The van der Waals surface area contributed by atoms with Crippen LogP contribution in [-0.2, 0) is 0 Å². The van der Waals surface area contributed by atoms with Gasteiger partial charge in [-0.3, -0.25) is 0 Å². The quantitative estimate of drug-likeness (QED) is 0.703. The zero-order valence-electron chi connectivity index (χ0n) is 11.3. The fourth-order valence-electron chi connectivity index (χ4n) is 1.78. The van der Waals surface area contributed by atoms with Crippen LogP contribution < -0.4 is 5.32 Å². The van der Waals surface area contributed by atoms with Crippen LogP contribution in [0.5, 0.6) is 0 Å². The number of rotatable bonds is 8.